The molecule has 0 aromatic heterocycles. The number of sulfone groups is 1. The summed E-state index contributed by atoms with van der Waals surface area (Å²) < 4.78 is 48.8. The molecule has 0 radical (unpaired) electrons. The summed E-state index contributed by atoms with van der Waals surface area (Å²) in [5, 5.41) is 8.87. The first-order valence-corrected chi connectivity index (χ1v) is 9.48. The predicted molar refractivity (Wildman–Crippen MR) is 76.2 cm³/mol. The van der Waals surface area contributed by atoms with Crippen molar-refractivity contribution in [2.24, 2.45) is 5.92 Å². The highest BCUT2D eigenvalue weighted by molar-refractivity contribution is 7.90. The van der Waals surface area contributed by atoms with Gasteiger partial charge in [-0.2, -0.15) is 0 Å². The molecule has 118 valence electrons. The Balaban J connectivity index is 2.91. The van der Waals surface area contributed by atoms with Crippen LogP contribution in [0.2, 0.25) is 0 Å². The van der Waals surface area contributed by atoms with E-state index in [0.717, 1.165) is 6.26 Å². The van der Waals surface area contributed by atoms with Gasteiger partial charge in [0.25, 0.3) is 0 Å². The highest BCUT2D eigenvalue weighted by Gasteiger charge is 2.20. The molecule has 7 nitrogen and oxygen atoms in total. The Labute approximate surface area is 124 Å². The molecule has 9 heteroatoms. The minimum atomic E-state index is -3.87. The highest BCUT2D eigenvalue weighted by Crippen LogP contribution is 2.14. The standard InChI is InChI=1S/C12H17NO6S2/c1-3-9(12(14)15)8-13-21(18,19)11-6-4-10(5-7-11)20(2,16)17/h4-7,9,13H,3,8H2,1-2H3,(H,14,15). The van der Waals surface area contributed by atoms with Crippen LogP contribution in [-0.4, -0.2) is 40.7 Å². The summed E-state index contributed by atoms with van der Waals surface area (Å²) in [5.74, 6) is -1.89. The van der Waals surface area contributed by atoms with Crippen molar-refractivity contribution in [2.45, 2.75) is 23.1 Å². The minimum Gasteiger partial charge on any atom is -0.481 e. The van der Waals surface area contributed by atoms with Gasteiger partial charge in [-0.25, -0.2) is 21.6 Å². The van der Waals surface area contributed by atoms with Crippen LogP contribution < -0.4 is 4.72 Å². The summed E-state index contributed by atoms with van der Waals surface area (Å²) >= 11 is 0. The van der Waals surface area contributed by atoms with E-state index in [0.29, 0.717) is 6.42 Å². The van der Waals surface area contributed by atoms with Crippen LogP contribution in [0.1, 0.15) is 13.3 Å². The van der Waals surface area contributed by atoms with Gasteiger partial charge in [0.2, 0.25) is 10.0 Å². The van der Waals surface area contributed by atoms with Gasteiger partial charge in [0, 0.05) is 12.8 Å². The second kappa shape index (κ2) is 6.54. The van der Waals surface area contributed by atoms with Crippen LogP contribution in [0.5, 0.6) is 0 Å². The van der Waals surface area contributed by atoms with Crippen molar-refractivity contribution in [3.05, 3.63) is 24.3 Å². The Bertz CT molecular complexity index is 707. The van der Waals surface area contributed by atoms with E-state index >= 15 is 0 Å². The molecule has 1 rings (SSSR count). The Morgan fingerprint density at radius 3 is 2.00 bits per heavy atom. The van der Waals surface area contributed by atoms with Gasteiger partial charge in [-0.15, -0.1) is 0 Å². The van der Waals surface area contributed by atoms with E-state index in [-0.39, 0.29) is 16.3 Å². The van der Waals surface area contributed by atoms with Crippen molar-refractivity contribution >= 4 is 25.8 Å². The molecule has 0 fully saturated rings. The van der Waals surface area contributed by atoms with Crippen molar-refractivity contribution < 1.29 is 26.7 Å². The summed E-state index contributed by atoms with van der Waals surface area (Å²) in [6, 6.07) is 4.72. The van der Waals surface area contributed by atoms with Crippen LogP contribution in [0.4, 0.5) is 0 Å². The van der Waals surface area contributed by atoms with Crippen molar-refractivity contribution in [1.29, 1.82) is 0 Å². The average molecular weight is 335 g/mol. The third kappa shape index (κ3) is 4.80. The average Bonchev–Trinajstić information content (AvgIpc) is 2.38. The van der Waals surface area contributed by atoms with Crippen molar-refractivity contribution in [3.63, 3.8) is 0 Å². The van der Waals surface area contributed by atoms with Gasteiger partial charge >= 0.3 is 5.97 Å². The Morgan fingerprint density at radius 2 is 1.62 bits per heavy atom. The molecule has 0 aliphatic carbocycles. The lowest BCUT2D eigenvalue weighted by Crippen LogP contribution is -2.32. The molecule has 1 atom stereocenters. The third-order valence-electron chi connectivity index (χ3n) is 2.92. The molecular formula is C12H17NO6S2. The monoisotopic (exact) mass is 335 g/mol. The fourth-order valence-corrected chi connectivity index (χ4v) is 3.28. The molecule has 0 saturated carbocycles. The number of carboxylic acids is 1. The smallest absolute Gasteiger partial charge is 0.307 e. The Hall–Kier alpha value is -1.45. The number of carboxylic acid groups (broad SMARTS) is 1. The van der Waals surface area contributed by atoms with E-state index in [1.807, 2.05) is 0 Å². The van der Waals surface area contributed by atoms with Crippen LogP contribution in [0, 0.1) is 5.92 Å². The van der Waals surface area contributed by atoms with Crippen molar-refractivity contribution in [1.82, 2.24) is 4.72 Å². The van der Waals surface area contributed by atoms with E-state index in [4.69, 9.17) is 5.11 Å². The topological polar surface area (TPSA) is 118 Å². The first-order valence-electron chi connectivity index (χ1n) is 6.10. The zero-order chi connectivity index (χ0) is 16.3. The summed E-state index contributed by atoms with van der Waals surface area (Å²) in [6.07, 6.45) is 1.32. The maximum Gasteiger partial charge on any atom is 0.307 e. The molecule has 0 bridgehead atoms. The van der Waals surface area contributed by atoms with Gasteiger partial charge in [0.15, 0.2) is 9.84 Å². The van der Waals surface area contributed by atoms with E-state index in [1.54, 1.807) is 6.92 Å². The minimum absolute atomic E-state index is 0.0124. The molecule has 21 heavy (non-hydrogen) atoms. The highest BCUT2D eigenvalue weighted by atomic mass is 32.2. The van der Waals surface area contributed by atoms with Crippen molar-refractivity contribution in [2.75, 3.05) is 12.8 Å². The number of rotatable bonds is 7. The summed E-state index contributed by atoms with van der Waals surface area (Å²) in [4.78, 5) is 10.7. The van der Waals surface area contributed by atoms with Gasteiger partial charge in [-0.1, -0.05) is 6.92 Å². The normalized spacial score (nSPS) is 13.8. The number of aliphatic carboxylic acids is 1. The van der Waals surface area contributed by atoms with Crippen LogP contribution in [0.25, 0.3) is 0 Å². The fraction of sp³-hybridized carbons (Fsp3) is 0.417. The number of carbonyl (C=O) groups is 1. The number of hydrogen-bond acceptors (Lipinski definition) is 5. The largest absolute Gasteiger partial charge is 0.481 e. The zero-order valence-electron chi connectivity index (χ0n) is 11.6. The molecule has 1 aromatic rings. The lowest BCUT2D eigenvalue weighted by atomic mass is 10.1. The maximum atomic E-state index is 12.0. The predicted octanol–water partition coefficient (Wildman–Crippen LogP) is 0.479. The quantitative estimate of drug-likeness (QED) is 0.748. The van der Waals surface area contributed by atoms with E-state index in [9.17, 15) is 21.6 Å². The van der Waals surface area contributed by atoms with E-state index in [2.05, 4.69) is 4.72 Å². The summed E-state index contributed by atoms with van der Waals surface area (Å²) in [7, 11) is -7.27. The van der Waals surface area contributed by atoms with Crippen LogP contribution in [0.3, 0.4) is 0 Å². The Morgan fingerprint density at radius 1 is 1.14 bits per heavy atom. The first-order chi connectivity index (χ1) is 9.58. The first kappa shape index (κ1) is 17.6. The second-order valence-corrected chi connectivity index (χ2v) is 8.32. The van der Waals surface area contributed by atoms with Gasteiger partial charge in [0.1, 0.15) is 0 Å². The van der Waals surface area contributed by atoms with Crippen LogP contribution in [-0.2, 0) is 24.7 Å². The molecule has 0 amide bonds. The molecule has 0 heterocycles. The van der Waals surface area contributed by atoms with Gasteiger partial charge in [-0.05, 0) is 30.7 Å². The van der Waals surface area contributed by atoms with Crippen LogP contribution >= 0.6 is 0 Å². The lowest BCUT2D eigenvalue weighted by molar-refractivity contribution is -0.141. The fourth-order valence-electron chi connectivity index (χ4n) is 1.57. The molecule has 0 aliphatic heterocycles. The zero-order valence-corrected chi connectivity index (χ0v) is 13.2. The van der Waals surface area contributed by atoms with Gasteiger partial charge in [0.05, 0.1) is 15.7 Å². The SMILES string of the molecule is CCC(CNS(=O)(=O)c1ccc(S(C)(=O)=O)cc1)C(=O)O. The van der Waals surface area contributed by atoms with E-state index in [1.165, 1.54) is 24.3 Å². The summed E-state index contributed by atoms with van der Waals surface area (Å²) in [6.45, 7) is 1.43. The van der Waals surface area contributed by atoms with Gasteiger partial charge < -0.3 is 5.11 Å². The molecule has 1 aromatic carbocycles. The van der Waals surface area contributed by atoms with Crippen molar-refractivity contribution in [3.8, 4) is 0 Å². The summed E-state index contributed by atoms with van der Waals surface area (Å²) in [5.41, 5.74) is 0. The van der Waals surface area contributed by atoms with Crippen LogP contribution in [0.15, 0.2) is 34.1 Å². The lowest BCUT2D eigenvalue weighted by Gasteiger charge is -2.11. The maximum absolute atomic E-state index is 12.0. The number of benzene rings is 1. The second-order valence-electron chi connectivity index (χ2n) is 4.54. The van der Waals surface area contributed by atoms with Gasteiger partial charge in [-0.3, -0.25) is 4.79 Å². The number of nitrogens with one attached hydrogen (secondary N) is 1. The number of sulfonamides is 1. The molecule has 0 aliphatic rings. The molecule has 0 spiro atoms. The third-order valence-corrected chi connectivity index (χ3v) is 5.49. The molecule has 2 N–H and O–H groups in total. The molecular weight excluding hydrogens is 318 g/mol. The van der Waals surface area contributed by atoms with E-state index < -0.39 is 31.7 Å². The molecule has 0 saturated heterocycles. The Kier molecular flexibility index (Phi) is 5.48. The number of hydrogen-bond donors (Lipinski definition) is 2. The molecule has 1 unspecified atom stereocenters.